The van der Waals surface area contributed by atoms with Crippen molar-refractivity contribution in [3.8, 4) is 5.75 Å². The van der Waals surface area contributed by atoms with Crippen LogP contribution >= 0.6 is 0 Å². The summed E-state index contributed by atoms with van der Waals surface area (Å²) >= 11 is 0. The van der Waals surface area contributed by atoms with Gasteiger partial charge in [-0.05, 0) is 36.2 Å². The van der Waals surface area contributed by atoms with Crippen LogP contribution in [0.25, 0.3) is 10.8 Å². The summed E-state index contributed by atoms with van der Waals surface area (Å²) in [7, 11) is 0. The first-order valence-electron chi connectivity index (χ1n) is 8.71. The van der Waals surface area contributed by atoms with Crippen molar-refractivity contribution < 1.29 is 4.74 Å². The van der Waals surface area contributed by atoms with E-state index in [0.29, 0.717) is 0 Å². The van der Waals surface area contributed by atoms with Crippen LogP contribution in [0, 0.1) is 0 Å². The van der Waals surface area contributed by atoms with E-state index in [1.165, 1.54) is 42.0 Å². The number of fused-ring (bicyclic) bond motifs is 1. The van der Waals surface area contributed by atoms with Crippen molar-refractivity contribution in [1.29, 1.82) is 0 Å². The molecule has 2 rings (SSSR count). The standard InChI is InChI=1S/C20H29NO/c1-3-5-6-9-14-21-16-19-18-11-8-7-10-17(18)12-13-20(19)22-15-4-2/h7-8,10-13,21H,3-6,9,14-16H2,1-2H3. The molecule has 0 aliphatic rings. The van der Waals surface area contributed by atoms with Crippen LogP contribution in [0.2, 0.25) is 0 Å². The van der Waals surface area contributed by atoms with Gasteiger partial charge in [0.05, 0.1) is 6.61 Å². The predicted molar refractivity (Wildman–Crippen MR) is 95.6 cm³/mol. The van der Waals surface area contributed by atoms with Crippen LogP contribution in [-0.4, -0.2) is 13.2 Å². The molecule has 0 spiro atoms. The topological polar surface area (TPSA) is 21.3 Å². The van der Waals surface area contributed by atoms with Crippen LogP contribution in [0.3, 0.4) is 0 Å². The quantitative estimate of drug-likeness (QED) is 0.601. The van der Waals surface area contributed by atoms with Crippen LogP contribution < -0.4 is 10.1 Å². The second-order valence-corrected chi connectivity index (χ2v) is 5.85. The van der Waals surface area contributed by atoms with E-state index in [9.17, 15) is 0 Å². The number of ether oxygens (including phenoxy) is 1. The lowest BCUT2D eigenvalue weighted by atomic mass is 10.0. The molecule has 0 bridgehead atoms. The fourth-order valence-corrected chi connectivity index (χ4v) is 2.74. The maximum absolute atomic E-state index is 5.95. The van der Waals surface area contributed by atoms with Crippen molar-refractivity contribution in [3.63, 3.8) is 0 Å². The fourth-order valence-electron chi connectivity index (χ4n) is 2.74. The summed E-state index contributed by atoms with van der Waals surface area (Å²) in [6, 6.07) is 12.8. The summed E-state index contributed by atoms with van der Waals surface area (Å²) in [6.45, 7) is 7.14. The van der Waals surface area contributed by atoms with Gasteiger partial charge in [-0.25, -0.2) is 0 Å². The second-order valence-electron chi connectivity index (χ2n) is 5.85. The molecule has 0 saturated heterocycles. The minimum Gasteiger partial charge on any atom is -0.493 e. The van der Waals surface area contributed by atoms with E-state index in [4.69, 9.17) is 4.74 Å². The van der Waals surface area contributed by atoms with Gasteiger partial charge in [0.15, 0.2) is 0 Å². The maximum atomic E-state index is 5.95. The van der Waals surface area contributed by atoms with Crippen molar-refractivity contribution in [1.82, 2.24) is 5.32 Å². The van der Waals surface area contributed by atoms with Gasteiger partial charge < -0.3 is 10.1 Å². The van der Waals surface area contributed by atoms with Crippen molar-refractivity contribution in [2.45, 2.75) is 52.5 Å². The first-order chi connectivity index (χ1) is 10.9. The summed E-state index contributed by atoms with van der Waals surface area (Å²) in [5.41, 5.74) is 1.29. The van der Waals surface area contributed by atoms with Crippen molar-refractivity contribution in [2.24, 2.45) is 0 Å². The highest BCUT2D eigenvalue weighted by molar-refractivity contribution is 5.87. The first-order valence-corrected chi connectivity index (χ1v) is 8.71. The average molecular weight is 299 g/mol. The largest absolute Gasteiger partial charge is 0.493 e. The Morgan fingerprint density at radius 1 is 0.909 bits per heavy atom. The normalized spacial score (nSPS) is 11.0. The van der Waals surface area contributed by atoms with Gasteiger partial charge in [-0.1, -0.05) is 63.4 Å². The van der Waals surface area contributed by atoms with E-state index in [-0.39, 0.29) is 0 Å². The molecule has 2 heteroatoms. The highest BCUT2D eigenvalue weighted by atomic mass is 16.5. The molecular formula is C20H29NO. The highest BCUT2D eigenvalue weighted by Crippen LogP contribution is 2.28. The molecule has 0 atom stereocenters. The minimum atomic E-state index is 0.780. The van der Waals surface area contributed by atoms with Crippen molar-refractivity contribution in [2.75, 3.05) is 13.2 Å². The summed E-state index contributed by atoms with van der Waals surface area (Å²) in [6.07, 6.45) is 6.23. The Labute approximate surface area is 134 Å². The molecule has 0 unspecified atom stereocenters. The monoisotopic (exact) mass is 299 g/mol. The molecule has 2 aromatic carbocycles. The molecular weight excluding hydrogens is 270 g/mol. The Morgan fingerprint density at radius 3 is 2.59 bits per heavy atom. The lowest BCUT2D eigenvalue weighted by Crippen LogP contribution is -2.16. The zero-order chi connectivity index (χ0) is 15.6. The zero-order valence-corrected chi connectivity index (χ0v) is 14.0. The lowest BCUT2D eigenvalue weighted by molar-refractivity contribution is 0.314. The summed E-state index contributed by atoms with van der Waals surface area (Å²) in [5.74, 6) is 1.03. The van der Waals surface area contributed by atoms with Gasteiger partial charge in [-0.3, -0.25) is 0 Å². The second kappa shape index (κ2) is 9.47. The van der Waals surface area contributed by atoms with Gasteiger partial charge in [0.25, 0.3) is 0 Å². The van der Waals surface area contributed by atoms with Crippen LogP contribution in [0.5, 0.6) is 5.75 Å². The number of hydrogen-bond donors (Lipinski definition) is 1. The number of nitrogens with one attached hydrogen (secondary N) is 1. The highest BCUT2D eigenvalue weighted by Gasteiger charge is 2.08. The first kappa shape index (κ1) is 16.8. The fraction of sp³-hybridized carbons (Fsp3) is 0.500. The van der Waals surface area contributed by atoms with E-state index < -0.39 is 0 Å². The smallest absolute Gasteiger partial charge is 0.124 e. The molecule has 0 amide bonds. The van der Waals surface area contributed by atoms with Crippen LogP contribution in [0.1, 0.15) is 51.5 Å². The summed E-state index contributed by atoms with van der Waals surface area (Å²) in [4.78, 5) is 0. The number of benzene rings is 2. The zero-order valence-electron chi connectivity index (χ0n) is 14.0. The maximum Gasteiger partial charge on any atom is 0.124 e. The molecule has 2 nitrogen and oxygen atoms in total. The van der Waals surface area contributed by atoms with E-state index in [0.717, 1.165) is 31.9 Å². The van der Waals surface area contributed by atoms with E-state index in [1.807, 2.05) is 0 Å². The molecule has 0 aromatic heterocycles. The van der Waals surface area contributed by atoms with Crippen molar-refractivity contribution in [3.05, 3.63) is 42.0 Å². The van der Waals surface area contributed by atoms with E-state index in [2.05, 4.69) is 55.6 Å². The third-order valence-electron chi connectivity index (χ3n) is 3.97. The summed E-state index contributed by atoms with van der Waals surface area (Å²) < 4.78 is 5.95. The Kier molecular flexibility index (Phi) is 7.24. The Hall–Kier alpha value is -1.54. The molecule has 120 valence electrons. The van der Waals surface area contributed by atoms with Gasteiger partial charge in [0, 0.05) is 12.1 Å². The molecule has 0 aliphatic carbocycles. The van der Waals surface area contributed by atoms with Crippen LogP contribution in [0.15, 0.2) is 36.4 Å². The molecule has 0 fully saturated rings. The third kappa shape index (κ3) is 4.74. The predicted octanol–water partition coefficient (Wildman–Crippen LogP) is 5.30. The lowest BCUT2D eigenvalue weighted by Gasteiger charge is -2.15. The third-order valence-corrected chi connectivity index (χ3v) is 3.97. The number of unbranched alkanes of at least 4 members (excludes halogenated alkanes) is 3. The Morgan fingerprint density at radius 2 is 1.77 bits per heavy atom. The molecule has 0 saturated carbocycles. The molecule has 0 aliphatic heterocycles. The SMILES string of the molecule is CCCCCCNCc1c(OCCC)ccc2ccccc12. The van der Waals surface area contributed by atoms with Crippen LogP contribution in [-0.2, 0) is 6.54 Å². The molecule has 1 N–H and O–H groups in total. The number of rotatable bonds is 10. The van der Waals surface area contributed by atoms with Gasteiger partial charge in [-0.15, -0.1) is 0 Å². The molecule has 2 aromatic rings. The van der Waals surface area contributed by atoms with Gasteiger partial charge >= 0.3 is 0 Å². The van der Waals surface area contributed by atoms with E-state index >= 15 is 0 Å². The number of hydrogen-bond acceptors (Lipinski definition) is 2. The minimum absolute atomic E-state index is 0.780. The molecule has 0 radical (unpaired) electrons. The van der Waals surface area contributed by atoms with Gasteiger partial charge in [0.2, 0.25) is 0 Å². The molecule has 0 heterocycles. The Balaban J connectivity index is 2.06. The molecule has 22 heavy (non-hydrogen) atoms. The van der Waals surface area contributed by atoms with E-state index in [1.54, 1.807) is 0 Å². The summed E-state index contributed by atoms with van der Waals surface area (Å²) in [5, 5.41) is 6.18. The average Bonchev–Trinajstić information content (AvgIpc) is 2.56. The van der Waals surface area contributed by atoms with Crippen LogP contribution in [0.4, 0.5) is 0 Å². The van der Waals surface area contributed by atoms with Crippen molar-refractivity contribution >= 4 is 10.8 Å². The van der Waals surface area contributed by atoms with Gasteiger partial charge in [0.1, 0.15) is 5.75 Å². The van der Waals surface area contributed by atoms with Gasteiger partial charge in [-0.2, -0.15) is 0 Å². The Bertz CT molecular complexity index is 565.